The average Bonchev–Trinajstić information content (AvgIpc) is 3.48. The molecule has 0 spiro atoms. The molecule has 2 aliphatic heterocycles. The van der Waals surface area contributed by atoms with Gasteiger partial charge in [-0.05, 0) is 60.5 Å². The number of anilines is 2. The highest BCUT2D eigenvalue weighted by atomic mass is 16.7. The van der Waals surface area contributed by atoms with E-state index in [1.807, 2.05) is 37.3 Å². The number of hydrogen-bond donors (Lipinski definition) is 0. The number of hydrogen-bond acceptors (Lipinski definition) is 9. The first kappa shape index (κ1) is 27.0. The van der Waals surface area contributed by atoms with Gasteiger partial charge in [-0.3, -0.25) is 19.2 Å². The van der Waals surface area contributed by atoms with E-state index in [0.29, 0.717) is 29.3 Å². The number of para-hydroxylation sites is 1. The molecule has 10 nitrogen and oxygen atoms in total. The first-order valence-corrected chi connectivity index (χ1v) is 12.9. The van der Waals surface area contributed by atoms with Crippen LogP contribution >= 0.6 is 0 Å². The summed E-state index contributed by atoms with van der Waals surface area (Å²) in [7, 11) is 2.88. The maximum Gasteiger partial charge on any atom is 0.308 e. The molecule has 3 atom stereocenters. The van der Waals surface area contributed by atoms with Crippen LogP contribution in [0, 0.1) is 5.92 Å². The standard InChI is InChI=1S/C30H30N2O8/c1-5-15-38-22-13-11-20(12-14-22)31-29(34)25-26(32(40-28(25)30(31)35)21-9-7-6-8-10-21)19-16-23(36-3)27(39-18(2)33)24(17-19)37-4/h6-14,16-17,25-26,28H,5,15H2,1-4H3/t25-,26+,28-/m1/s1. The number of carbonyl (C=O) groups is 3. The summed E-state index contributed by atoms with van der Waals surface area (Å²) in [5.41, 5.74) is 1.67. The second-order valence-corrected chi connectivity index (χ2v) is 9.36. The zero-order chi connectivity index (χ0) is 28.4. The third-order valence-corrected chi connectivity index (χ3v) is 6.76. The largest absolute Gasteiger partial charge is 0.494 e. The van der Waals surface area contributed by atoms with Crippen molar-refractivity contribution in [2.45, 2.75) is 32.4 Å². The summed E-state index contributed by atoms with van der Waals surface area (Å²) in [6.45, 7) is 3.86. The number of nitrogens with zero attached hydrogens (tertiary/aromatic N) is 2. The van der Waals surface area contributed by atoms with Crippen molar-refractivity contribution in [3.8, 4) is 23.0 Å². The number of imide groups is 1. The normalized spacial score (nSPS) is 19.9. The minimum Gasteiger partial charge on any atom is -0.494 e. The van der Waals surface area contributed by atoms with E-state index in [0.717, 1.165) is 11.3 Å². The predicted octanol–water partition coefficient (Wildman–Crippen LogP) is 4.47. The van der Waals surface area contributed by atoms with Gasteiger partial charge in [-0.25, -0.2) is 9.96 Å². The van der Waals surface area contributed by atoms with Crippen molar-refractivity contribution in [2.75, 3.05) is 30.8 Å². The summed E-state index contributed by atoms with van der Waals surface area (Å²) in [5, 5.41) is 1.57. The van der Waals surface area contributed by atoms with Crippen LogP contribution in [0.4, 0.5) is 11.4 Å². The van der Waals surface area contributed by atoms with E-state index in [-0.39, 0.29) is 17.2 Å². The zero-order valence-electron chi connectivity index (χ0n) is 22.7. The van der Waals surface area contributed by atoms with Gasteiger partial charge in [0.05, 0.1) is 38.2 Å². The molecule has 2 heterocycles. The van der Waals surface area contributed by atoms with Gasteiger partial charge >= 0.3 is 5.97 Å². The Kier molecular flexibility index (Phi) is 7.61. The van der Waals surface area contributed by atoms with Crippen LogP contribution in [-0.4, -0.2) is 44.7 Å². The SMILES string of the molecule is CCCOc1ccc(N2C(=O)[C@H]3[C@@H](ON(c4ccccc4)[C@H]3c3cc(OC)c(OC(C)=O)c(OC)c3)C2=O)cc1. The Hall–Kier alpha value is -4.57. The van der Waals surface area contributed by atoms with E-state index < -0.39 is 35.8 Å². The van der Waals surface area contributed by atoms with E-state index in [1.165, 1.54) is 21.1 Å². The van der Waals surface area contributed by atoms with Gasteiger partial charge < -0.3 is 18.9 Å². The van der Waals surface area contributed by atoms with E-state index >= 15 is 0 Å². The smallest absolute Gasteiger partial charge is 0.308 e. The molecule has 0 N–H and O–H groups in total. The molecule has 0 unspecified atom stereocenters. The molecular formula is C30H30N2O8. The van der Waals surface area contributed by atoms with Crippen molar-refractivity contribution in [1.82, 2.24) is 0 Å². The molecule has 10 heteroatoms. The second kappa shape index (κ2) is 11.3. The van der Waals surface area contributed by atoms with E-state index in [9.17, 15) is 14.4 Å². The number of amides is 2. The van der Waals surface area contributed by atoms with Gasteiger partial charge in [0.2, 0.25) is 11.7 Å². The molecule has 3 aromatic carbocycles. The number of fused-ring (bicyclic) bond motifs is 1. The summed E-state index contributed by atoms with van der Waals surface area (Å²) < 4.78 is 22.0. The molecule has 5 rings (SSSR count). The van der Waals surface area contributed by atoms with E-state index in [4.69, 9.17) is 23.8 Å². The molecule has 0 saturated carbocycles. The van der Waals surface area contributed by atoms with Crippen LogP contribution in [0.2, 0.25) is 0 Å². The Labute approximate surface area is 231 Å². The number of rotatable bonds is 9. The van der Waals surface area contributed by atoms with Crippen molar-refractivity contribution in [2.24, 2.45) is 5.92 Å². The molecule has 0 aliphatic carbocycles. The molecule has 3 aromatic rings. The fourth-order valence-corrected chi connectivity index (χ4v) is 5.03. The Morgan fingerprint density at radius 1 is 0.900 bits per heavy atom. The lowest BCUT2D eigenvalue weighted by molar-refractivity contribution is -0.132. The maximum absolute atomic E-state index is 14.0. The minimum atomic E-state index is -1.06. The molecule has 2 fully saturated rings. The summed E-state index contributed by atoms with van der Waals surface area (Å²) >= 11 is 0. The van der Waals surface area contributed by atoms with Crippen molar-refractivity contribution in [1.29, 1.82) is 0 Å². The highest BCUT2D eigenvalue weighted by molar-refractivity contribution is 6.24. The third-order valence-electron chi connectivity index (χ3n) is 6.76. The Morgan fingerprint density at radius 3 is 2.12 bits per heavy atom. The lowest BCUT2D eigenvalue weighted by atomic mass is 9.90. The number of hydroxylamine groups is 1. The molecular weight excluding hydrogens is 516 g/mol. The van der Waals surface area contributed by atoms with Gasteiger partial charge in [0.25, 0.3) is 5.91 Å². The Bertz CT molecular complexity index is 1380. The molecule has 2 amide bonds. The van der Waals surface area contributed by atoms with Crippen molar-refractivity contribution in [3.05, 3.63) is 72.3 Å². The van der Waals surface area contributed by atoms with E-state index in [1.54, 1.807) is 41.5 Å². The maximum atomic E-state index is 14.0. The van der Waals surface area contributed by atoms with Crippen molar-refractivity contribution in [3.63, 3.8) is 0 Å². The van der Waals surface area contributed by atoms with Crippen LogP contribution in [0.3, 0.4) is 0 Å². The lowest BCUT2D eigenvalue weighted by Gasteiger charge is -2.29. The third kappa shape index (κ3) is 4.82. The highest BCUT2D eigenvalue weighted by Gasteiger charge is 2.60. The quantitative estimate of drug-likeness (QED) is 0.218. The molecule has 0 radical (unpaired) electrons. The number of esters is 1. The van der Waals surface area contributed by atoms with Crippen LogP contribution in [0.1, 0.15) is 31.9 Å². The van der Waals surface area contributed by atoms with Gasteiger partial charge in [-0.2, -0.15) is 0 Å². The summed E-state index contributed by atoms with van der Waals surface area (Å²) in [6, 6.07) is 18.6. The summed E-state index contributed by atoms with van der Waals surface area (Å²) in [6.07, 6.45) is -0.193. The van der Waals surface area contributed by atoms with Crippen LogP contribution in [0.15, 0.2) is 66.7 Å². The van der Waals surface area contributed by atoms with Gasteiger partial charge in [-0.15, -0.1) is 0 Å². The molecule has 208 valence electrons. The Morgan fingerprint density at radius 2 is 1.55 bits per heavy atom. The number of methoxy groups -OCH3 is 2. The minimum absolute atomic E-state index is 0.115. The molecule has 40 heavy (non-hydrogen) atoms. The summed E-state index contributed by atoms with van der Waals surface area (Å²) in [5.74, 6) is -1.05. The van der Waals surface area contributed by atoms with Crippen LogP contribution < -0.4 is 28.9 Å². The fourth-order valence-electron chi connectivity index (χ4n) is 5.03. The highest BCUT2D eigenvalue weighted by Crippen LogP contribution is 2.50. The van der Waals surface area contributed by atoms with Crippen molar-refractivity contribution >= 4 is 29.2 Å². The van der Waals surface area contributed by atoms with Crippen LogP contribution in [0.25, 0.3) is 0 Å². The molecule has 2 saturated heterocycles. The number of ether oxygens (including phenoxy) is 4. The van der Waals surface area contributed by atoms with Gasteiger partial charge in [0, 0.05) is 6.92 Å². The summed E-state index contributed by atoms with van der Waals surface area (Å²) in [4.78, 5) is 46.7. The predicted molar refractivity (Wildman–Crippen MR) is 146 cm³/mol. The lowest BCUT2D eigenvalue weighted by Crippen LogP contribution is -2.37. The average molecular weight is 547 g/mol. The van der Waals surface area contributed by atoms with Crippen molar-refractivity contribution < 1.29 is 38.2 Å². The monoisotopic (exact) mass is 546 g/mol. The van der Waals surface area contributed by atoms with Crippen LogP contribution in [-0.2, 0) is 19.2 Å². The fraction of sp³-hybridized carbons (Fsp3) is 0.300. The second-order valence-electron chi connectivity index (χ2n) is 9.36. The Balaban J connectivity index is 1.57. The van der Waals surface area contributed by atoms with Gasteiger partial charge in [-0.1, -0.05) is 25.1 Å². The topological polar surface area (TPSA) is 104 Å². The molecule has 0 bridgehead atoms. The van der Waals surface area contributed by atoms with E-state index in [2.05, 4.69) is 0 Å². The number of carbonyl (C=O) groups excluding carboxylic acids is 3. The van der Waals surface area contributed by atoms with Gasteiger partial charge in [0.1, 0.15) is 11.7 Å². The van der Waals surface area contributed by atoms with Crippen LogP contribution in [0.5, 0.6) is 23.0 Å². The number of benzene rings is 3. The molecule has 0 aromatic heterocycles. The zero-order valence-corrected chi connectivity index (χ0v) is 22.7. The van der Waals surface area contributed by atoms with Gasteiger partial charge in [0.15, 0.2) is 17.6 Å². The first-order chi connectivity index (χ1) is 19.4. The first-order valence-electron chi connectivity index (χ1n) is 12.9. The molecule has 2 aliphatic rings.